The van der Waals surface area contributed by atoms with Crippen molar-refractivity contribution in [2.75, 3.05) is 7.05 Å². The highest BCUT2D eigenvalue weighted by Gasteiger charge is 2.21. The van der Waals surface area contributed by atoms with E-state index >= 15 is 0 Å². The van der Waals surface area contributed by atoms with E-state index in [2.05, 4.69) is 5.32 Å². The van der Waals surface area contributed by atoms with Crippen LogP contribution >= 0.6 is 12.2 Å². The molecule has 1 aromatic rings. The number of hydrogen-bond donors (Lipinski definition) is 1. The maximum absolute atomic E-state index is 12.2. The first-order chi connectivity index (χ1) is 10.5. The van der Waals surface area contributed by atoms with Crippen LogP contribution in [0.15, 0.2) is 24.3 Å². The third-order valence-corrected chi connectivity index (χ3v) is 4.37. The van der Waals surface area contributed by atoms with Gasteiger partial charge in [-0.05, 0) is 31.1 Å². The van der Waals surface area contributed by atoms with Gasteiger partial charge >= 0.3 is 0 Å². The van der Waals surface area contributed by atoms with Gasteiger partial charge in [0.1, 0.15) is 0 Å². The first-order valence-corrected chi connectivity index (χ1v) is 7.72. The monoisotopic (exact) mass is 321 g/mol. The quantitative estimate of drug-likeness (QED) is 0.526. The van der Waals surface area contributed by atoms with Crippen LogP contribution < -0.4 is 5.32 Å². The predicted molar refractivity (Wildman–Crippen MR) is 87.8 cm³/mol. The Balaban J connectivity index is 2.00. The van der Waals surface area contributed by atoms with Crippen molar-refractivity contribution in [1.29, 1.82) is 0 Å². The summed E-state index contributed by atoms with van der Waals surface area (Å²) >= 11 is 5.28. The Bertz CT molecular complexity index is 585. The molecule has 0 saturated heterocycles. The highest BCUT2D eigenvalue weighted by atomic mass is 32.1. The van der Waals surface area contributed by atoms with Gasteiger partial charge in [-0.25, -0.2) is 0 Å². The van der Waals surface area contributed by atoms with E-state index in [0.29, 0.717) is 11.2 Å². The van der Waals surface area contributed by atoms with Crippen LogP contribution in [-0.2, 0) is 0 Å². The second-order valence-electron chi connectivity index (χ2n) is 5.47. The molecule has 0 aliphatic heterocycles. The number of nitro benzene ring substituents is 1. The summed E-state index contributed by atoms with van der Waals surface area (Å²) in [6.45, 7) is 0. The predicted octanol–water partition coefficient (Wildman–Crippen LogP) is 2.87. The fourth-order valence-electron chi connectivity index (χ4n) is 2.65. The number of carbonyl (C=O) groups is 1. The van der Waals surface area contributed by atoms with E-state index < -0.39 is 10.8 Å². The molecule has 0 spiro atoms. The van der Waals surface area contributed by atoms with Gasteiger partial charge in [-0.15, -0.1) is 0 Å². The van der Waals surface area contributed by atoms with Crippen molar-refractivity contribution in [3.63, 3.8) is 0 Å². The molecule has 0 atom stereocenters. The molecule has 7 heteroatoms. The Kier molecular flexibility index (Phi) is 5.43. The van der Waals surface area contributed by atoms with E-state index in [1.807, 2.05) is 11.9 Å². The number of amides is 1. The number of nitrogens with one attached hydrogen (secondary N) is 1. The fourth-order valence-corrected chi connectivity index (χ4v) is 2.89. The summed E-state index contributed by atoms with van der Waals surface area (Å²) in [7, 11) is 1.88. The summed E-state index contributed by atoms with van der Waals surface area (Å²) in [5.41, 5.74) is 0.118. The zero-order valence-corrected chi connectivity index (χ0v) is 13.3. The van der Waals surface area contributed by atoms with E-state index in [4.69, 9.17) is 12.2 Å². The number of nitro groups is 1. The maximum atomic E-state index is 12.2. The van der Waals surface area contributed by atoms with Gasteiger partial charge in [0.15, 0.2) is 5.11 Å². The lowest BCUT2D eigenvalue weighted by molar-refractivity contribution is -0.384. The van der Waals surface area contributed by atoms with Gasteiger partial charge < -0.3 is 4.90 Å². The Hall–Kier alpha value is -2.02. The highest BCUT2D eigenvalue weighted by Crippen LogP contribution is 2.21. The lowest BCUT2D eigenvalue weighted by Crippen LogP contribution is -2.46. The minimum Gasteiger partial charge on any atom is -0.349 e. The lowest BCUT2D eigenvalue weighted by atomic mass is 9.95. The number of rotatable bonds is 3. The number of hydrogen-bond acceptors (Lipinski definition) is 4. The van der Waals surface area contributed by atoms with E-state index in [0.717, 1.165) is 12.8 Å². The smallest absolute Gasteiger partial charge is 0.270 e. The standard InChI is InChI=1S/C15H19N3O3S/c1-17(12-7-3-2-4-8-12)15(22)16-14(19)11-6-5-9-13(10-11)18(20)21/h5-6,9-10,12H,2-4,7-8H2,1H3,(H,16,19,22). The zero-order chi connectivity index (χ0) is 16.1. The van der Waals surface area contributed by atoms with Crippen molar-refractivity contribution in [2.24, 2.45) is 0 Å². The molecule has 6 nitrogen and oxygen atoms in total. The second kappa shape index (κ2) is 7.31. The molecule has 22 heavy (non-hydrogen) atoms. The fraction of sp³-hybridized carbons (Fsp3) is 0.467. The molecule has 1 fully saturated rings. The third kappa shape index (κ3) is 4.00. The van der Waals surface area contributed by atoms with Crippen LogP contribution in [0.1, 0.15) is 42.5 Å². The van der Waals surface area contributed by atoms with Crippen molar-refractivity contribution < 1.29 is 9.72 Å². The minimum absolute atomic E-state index is 0.112. The van der Waals surface area contributed by atoms with Crippen LogP contribution in [0.5, 0.6) is 0 Å². The van der Waals surface area contributed by atoms with Crippen molar-refractivity contribution in [2.45, 2.75) is 38.1 Å². The van der Waals surface area contributed by atoms with Gasteiger partial charge in [0.2, 0.25) is 0 Å². The molecule has 0 radical (unpaired) electrons. The summed E-state index contributed by atoms with van der Waals surface area (Å²) < 4.78 is 0. The molecular formula is C15H19N3O3S. The molecular weight excluding hydrogens is 302 g/mol. The molecule has 0 aromatic heterocycles. The topological polar surface area (TPSA) is 75.5 Å². The molecule has 1 N–H and O–H groups in total. The number of carbonyl (C=O) groups excluding carboxylic acids is 1. The normalized spacial score (nSPS) is 15.1. The number of nitrogens with zero attached hydrogens (tertiary/aromatic N) is 2. The summed E-state index contributed by atoms with van der Waals surface area (Å²) in [6.07, 6.45) is 5.75. The first kappa shape index (κ1) is 16.4. The van der Waals surface area contributed by atoms with Crippen LogP contribution in [0.2, 0.25) is 0 Å². The second-order valence-corrected chi connectivity index (χ2v) is 5.86. The van der Waals surface area contributed by atoms with Crippen LogP contribution in [0, 0.1) is 10.1 Å². The lowest BCUT2D eigenvalue weighted by Gasteiger charge is -2.32. The number of non-ortho nitro benzene ring substituents is 1. The van der Waals surface area contributed by atoms with E-state index in [9.17, 15) is 14.9 Å². The number of benzene rings is 1. The summed E-state index contributed by atoms with van der Waals surface area (Å²) in [5.74, 6) is -0.420. The average Bonchev–Trinajstić information content (AvgIpc) is 2.54. The van der Waals surface area contributed by atoms with Crippen molar-refractivity contribution in [3.05, 3.63) is 39.9 Å². The van der Waals surface area contributed by atoms with E-state index in [1.54, 1.807) is 0 Å². The van der Waals surface area contributed by atoms with Gasteiger partial charge in [0.05, 0.1) is 4.92 Å². The van der Waals surface area contributed by atoms with Gasteiger partial charge in [-0.1, -0.05) is 25.3 Å². The van der Waals surface area contributed by atoms with Crippen molar-refractivity contribution in [1.82, 2.24) is 10.2 Å². The summed E-state index contributed by atoms with van der Waals surface area (Å²) in [4.78, 5) is 24.3. The zero-order valence-electron chi connectivity index (χ0n) is 12.4. The first-order valence-electron chi connectivity index (χ1n) is 7.31. The Labute approximate surface area is 134 Å². The van der Waals surface area contributed by atoms with Gasteiger partial charge in [-0.2, -0.15) is 0 Å². The molecule has 1 amide bonds. The molecule has 1 aliphatic carbocycles. The Morgan fingerprint density at radius 2 is 2.05 bits per heavy atom. The maximum Gasteiger partial charge on any atom is 0.270 e. The average molecular weight is 321 g/mol. The summed E-state index contributed by atoms with van der Waals surface area (Å²) in [6, 6.07) is 5.97. The van der Waals surface area contributed by atoms with Crippen LogP contribution in [0.25, 0.3) is 0 Å². The van der Waals surface area contributed by atoms with E-state index in [-0.39, 0.29) is 11.3 Å². The van der Waals surface area contributed by atoms with Crippen LogP contribution in [0.4, 0.5) is 5.69 Å². The molecule has 1 aromatic carbocycles. The van der Waals surface area contributed by atoms with Crippen molar-refractivity contribution >= 4 is 28.9 Å². The van der Waals surface area contributed by atoms with Gasteiger partial charge in [-0.3, -0.25) is 20.2 Å². The van der Waals surface area contributed by atoms with Gasteiger partial charge in [0.25, 0.3) is 11.6 Å². The number of thiocarbonyl (C=S) groups is 1. The highest BCUT2D eigenvalue weighted by molar-refractivity contribution is 7.80. The Morgan fingerprint density at radius 3 is 2.68 bits per heavy atom. The molecule has 1 saturated carbocycles. The molecule has 0 bridgehead atoms. The minimum atomic E-state index is -0.525. The summed E-state index contributed by atoms with van der Waals surface area (Å²) in [5, 5.41) is 13.8. The molecule has 2 rings (SSSR count). The molecule has 1 aliphatic rings. The SMILES string of the molecule is CN(C(=S)NC(=O)c1cccc([N+](=O)[O-])c1)C1CCCCC1. The van der Waals surface area contributed by atoms with Gasteiger partial charge in [0, 0.05) is 30.8 Å². The largest absolute Gasteiger partial charge is 0.349 e. The molecule has 0 unspecified atom stereocenters. The van der Waals surface area contributed by atoms with Crippen LogP contribution in [0.3, 0.4) is 0 Å². The third-order valence-electron chi connectivity index (χ3n) is 3.98. The molecule has 0 heterocycles. The molecule has 118 valence electrons. The van der Waals surface area contributed by atoms with Crippen molar-refractivity contribution in [3.8, 4) is 0 Å². The van der Waals surface area contributed by atoms with E-state index in [1.165, 1.54) is 43.5 Å². The van der Waals surface area contributed by atoms with Crippen LogP contribution in [-0.4, -0.2) is 33.9 Å². The Morgan fingerprint density at radius 1 is 1.36 bits per heavy atom.